The predicted molar refractivity (Wildman–Crippen MR) is 79.4 cm³/mol. The fourth-order valence-electron chi connectivity index (χ4n) is 1.67. The zero-order chi connectivity index (χ0) is 14.5. The summed E-state index contributed by atoms with van der Waals surface area (Å²) in [6.45, 7) is 1.90. The Hall–Kier alpha value is -2.26. The van der Waals surface area contributed by atoms with Crippen LogP contribution in [0, 0.1) is 6.92 Å². The third kappa shape index (κ3) is 3.87. The molecule has 0 aliphatic heterocycles. The molecule has 2 aromatic carbocycles. The smallest absolute Gasteiger partial charge is 0.328 e. The first-order valence-electron chi connectivity index (χ1n) is 6.00. The first kappa shape index (κ1) is 14.2. The summed E-state index contributed by atoms with van der Waals surface area (Å²) in [7, 11) is 0. The summed E-state index contributed by atoms with van der Waals surface area (Å²) in [6.07, 6.45) is 2.61. The standard InChI is InChI=1S/C16H13ClO3/c1-11-9-14(6-7-15(11)17)20-13-4-2-3-12(10-13)5-8-16(18)19/h2-10H,1H3,(H,18,19). The fourth-order valence-corrected chi connectivity index (χ4v) is 1.78. The molecule has 4 heteroatoms. The van der Waals surface area contributed by atoms with Crippen LogP contribution >= 0.6 is 11.6 Å². The van der Waals surface area contributed by atoms with Crippen molar-refractivity contribution < 1.29 is 14.6 Å². The summed E-state index contributed by atoms with van der Waals surface area (Å²) in [4.78, 5) is 10.5. The maximum Gasteiger partial charge on any atom is 0.328 e. The van der Waals surface area contributed by atoms with Gasteiger partial charge in [-0.25, -0.2) is 4.79 Å². The lowest BCUT2D eigenvalue weighted by Gasteiger charge is -2.07. The molecule has 20 heavy (non-hydrogen) atoms. The van der Waals surface area contributed by atoms with Crippen molar-refractivity contribution in [2.75, 3.05) is 0 Å². The quantitative estimate of drug-likeness (QED) is 0.840. The highest BCUT2D eigenvalue weighted by Gasteiger charge is 2.01. The first-order valence-corrected chi connectivity index (χ1v) is 6.37. The lowest BCUT2D eigenvalue weighted by Crippen LogP contribution is -1.87. The molecule has 0 atom stereocenters. The van der Waals surface area contributed by atoms with Crippen LogP contribution in [0.25, 0.3) is 6.08 Å². The third-order valence-corrected chi connectivity index (χ3v) is 3.07. The van der Waals surface area contributed by atoms with Gasteiger partial charge in [0.15, 0.2) is 0 Å². The Bertz CT molecular complexity index is 663. The number of aryl methyl sites for hydroxylation is 1. The molecule has 0 amide bonds. The lowest BCUT2D eigenvalue weighted by atomic mass is 10.2. The number of benzene rings is 2. The predicted octanol–water partition coefficient (Wildman–Crippen LogP) is 4.54. The van der Waals surface area contributed by atoms with Gasteiger partial charge in [-0.1, -0.05) is 23.7 Å². The topological polar surface area (TPSA) is 46.5 Å². The normalized spacial score (nSPS) is 10.7. The van der Waals surface area contributed by atoms with E-state index in [0.29, 0.717) is 16.5 Å². The minimum Gasteiger partial charge on any atom is -0.478 e. The van der Waals surface area contributed by atoms with Gasteiger partial charge in [-0.15, -0.1) is 0 Å². The molecule has 0 fully saturated rings. The van der Waals surface area contributed by atoms with Crippen molar-refractivity contribution >= 4 is 23.6 Å². The average Bonchev–Trinajstić information content (AvgIpc) is 2.41. The molecule has 3 nitrogen and oxygen atoms in total. The molecular weight excluding hydrogens is 276 g/mol. The molecule has 0 saturated heterocycles. The van der Waals surface area contributed by atoms with Gasteiger partial charge in [0, 0.05) is 11.1 Å². The van der Waals surface area contributed by atoms with Gasteiger partial charge in [0.1, 0.15) is 11.5 Å². The molecule has 1 N–H and O–H groups in total. The van der Waals surface area contributed by atoms with Crippen LogP contribution in [0.2, 0.25) is 5.02 Å². The van der Waals surface area contributed by atoms with Crippen molar-refractivity contribution in [3.05, 3.63) is 64.7 Å². The maximum atomic E-state index is 10.5. The number of carboxylic acid groups (broad SMARTS) is 1. The van der Waals surface area contributed by atoms with E-state index < -0.39 is 5.97 Å². The number of ether oxygens (including phenoxy) is 1. The molecule has 0 heterocycles. The van der Waals surface area contributed by atoms with Crippen LogP contribution in [-0.2, 0) is 4.79 Å². The van der Waals surface area contributed by atoms with Gasteiger partial charge in [0.2, 0.25) is 0 Å². The summed E-state index contributed by atoms with van der Waals surface area (Å²) in [5, 5.41) is 9.30. The molecule has 0 aromatic heterocycles. The van der Waals surface area contributed by atoms with Crippen molar-refractivity contribution in [1.29, 1.82) is 0 Å². The number of carboxylic acids is 1. The highest BCUT2D eigenvalue weighted by atomic mass is 35.5. The average molecular weight is 289 g/mol. The summed E-state index contributed by atoms with van der Waals surface area (Å²) in [5.41, 5.74) is 1.70. The maximum absolute atomic E-state index is 10.5. The Morgan fingerprint density at radius 1 is 1.20 bits per heavy atom. The zero-order valence-electron chi connectivity index (χ0n) is 10.8. The largest absolute Gasteiger partial charge is 0.478 e. The molecule has 0 radical (unpaired) electrons. The van der Waals surface area contributed by atoms with Crippen LogP contribution in [0.3, 0.4) is 0 Å². The van der Waals surface area contributed by atoms with E-state index in [9.17, 15) is 4.79 Å². The van der Waals surface area contributed by atoms with Gasteiger partial charge in [0.25, 0.3) is 0 Å². The Morgan fingerprint density at radius 2 is 1.95 bits per heavy atom. The zero-order valence-corrected chi connectivity index (χ0v) is 11.6. The Morgan fingerprint density at radius 3 is 2.65 bits per heavy atom. The molecule has 102 valence electrons. The van der Waals surface area contributed by atoms with Crippen LogP contribution in [-0.4, -0.2) is 11.1 Å². The molecule has 2 aromatic rings. The van der Waals surface area contributed by atoms with Crippen molar-refractivity contribution in [1.82, 2.24) is 0 Å². The Kier molecular flexibility index (Phi) is 4.43. The van der Waals surface area contributed by atoms with Crippen LogP contribution in [0.15, 0.2) is 48.5 Å². The number of carbonyl (C=O) groups is 1. The SMILES string of the molecule is Cc1cc(Oc2cccc(C=CC(=O)O)c2)ccc1Cl. The van der Waals surface area contributed by atoms with E-state index in [2.05, 4.69) is 0 Å². The minimum atomic E-state index is -0.982. The molecule has 0 saturated carbocycles. The third-order valence-electron chi connectivity index (χ3n) is 2.64. The monoisotopic (exact) mass is 288 g/mol. The summed E-state index contributed by atoms with van der Waals surface area (Å²) < 4.78 is 5.72. The summed E-state index contributed by atoms with van der Waals surface area (Å²) >= 11 is 5.96. The summed E-state index contributed by atoms with van der Waals surface area (Å²) in [6, 6.07) is 12.6. The van der Waals surface area contributed by atoms with E-state index in [1.165, 1.54) is 6.08 Å². The van der Waals surface area contributed by atoms with Crippen molar-refractivity contribution in [3.8, 4) is 11.5 Å². The van der Waals surface area contributed by atoms with Crippen LogP contribution in [0.5, 0.6) is 11.5 Å². The van der Waals surface area contributed by atoms with Crippen molar-refractivity contribution in [2.24, 2.45) is 0 Å². The first-order chi connectivity index (χ1) is 9.54. The molecular formula is C16H13ClO3. The van der Waals surface area contributed by atoms with Gasteiger partial charge in [-0.05, 0) is 54.5 Å². The number of halogens is 1. The molecule has 0 unspecified atom stereocenters. The Labute approximate surface area is 122 Å². The van der Waals surface area contributed by atoms with Gasteiger partial charge in [-0.2, -0.15) is 0 Å². The van der Waals surface area contributed by atoms with Crippen LogP contribution in [0.4, 0.5) is 0 Å². The van der Waals surface area contributed by atoms with Crippen LogP contribution in [0.1, 0.15) is 11.1 Å². The van der Waals surface area contributed by atoms with E-state index in [1.807, 2.05) is 19.1 Å². The van der Waals surface area contributed by atoms with Gasteiger partial charge >= 0.3 is 5.97 Å². The molecule has 0 aliphatic rings. The van der Waals surface area contributed by atoms with Crippen molar-refractivity contribution in [3.63, 3.8) is 0 Å². The van der Waals surface area contributed by atoms with E-state index in [0.717, 1.165) is 17.2 Å². The fraction of sp³-hybridized carbons (Fsp3) is 0.0625. The molecule has 0 aliphatic carbocycles. The lowest BCUT2D eigenvalue weighted by molar-refractivity contribution is -0.131. The molecule has 2 rings (SSSR count). The highest BCUT2D eigenvalue weighted by Crippen LogP contribution is 2.26. The van der Waals surface area contributed by atoms with Crippen LogP contribution < -0.4 is 4.74 Å². The van der Waals surface area contributed by atoms with E-state index in [-0.39, 0.29) is 0 Å². The highest BCUT2D eigenvalue weighted by molar-refractivity contribution is 6.31. The second kappa shape index (κ2) is 6.26. The number of hydrogen-bond acceptors (Lipinski definition) is 2. The minimum absolute atomic E-state index is 0.638. The van der Waals surface area contributed by atoms with E-state index >= 15 is 0 Å². The van der Waals surface area contributed by atoms with E-state index in [1.54, 1.807) is 30.3 Å². The number of hydrogen-bond donors (Lipinski definition) is 1. The number of aliphatic carboxylic acids is 1. The molecule has 0 bridgehead atoms. The van der Waals surface area contributed by atoms with Gasteiger partial charge in [0.05, 0.1) is 0 Å². The van der Waals surface area contributed by atoms with Crippen molar-refractivity contribution in [2.45, 2.75) is 6.92 Å². The van der Waals surface area contributed by atoms with Gasteiger partial charge in [-0.3, -0.25) is 0 Å². The number of rotatable bonds is 4. The Balaban J connectivity index is 2.19. The van der Waals surface area contributed by atoms with E-state index in [4.69, 9.17) is 21.4 Å². The van der Waals surface area contributed by atoms with Gasteiger partial charge < -0.3 is 9.84 Å². The second-order valence-corrected chi connectivity index (χ2v) is 4.66. The summed E-state index contributed by atoms with van der Waals surface area (Å²) in [5.74, 6) is 0.343. The molecule has 0 spiro atoms. The second-order valence-electron chi connectivity index (χ2n) is 4.26.